The summed E-state index contributed by atoms with van der Waals surface area (Å²) >= 11 is 1.39. The Morgan fingerprint density at radius 3 is 1.93 bits per heavy atom. The average molecular weight is 660 g/mol. The third-order valence-electron chi connectivity index (χ3n) is 5.87. The molecule has 0 radical (unpaired) electrons. The van der Waals surface area contributed by atoms with Gasteiger partial charge in [-0.1, -0.05) is 6.07 Å². The van der Waals surface area contributed by atoms with Gasteiger partial charge in [0.25, 0.3) is 0 Å². The number of imide groups is 1. The lowest BCUT2D eigenvalue weighted by molar-refractivity contribution is -0.121. The Kier molecular flexibility index (Phi) is 13.0. The van der Waals surface area contributed by atoms with Crippen LogP contribution in [-0.4, -0.2) is 74.6 Å². The van der Waals surface area contributed by atoms with Crippen LogP contribution in [0, 0.1) is 13.8 Å². The van der Waals surface area contributed by atoms with E-state index in [1.165, 1.54) is 11.8 Å². The van der Waals surface area contributed by atoms with Crippen LogP contribution in [-0.2, 0) is 19.0 Å². The Bertz CT molecular complexity index is 1400. The van der Waals surface area contributed by atoms with Gasteiger partial charge in [-0.3, -0.25) is 4.79 Å². The van der Waals surface area contributed by atoms with Crippen molar-refractivity contribution in [3.63, 3.8) is 0 Å². The van der Waals surface area contributed by atoms with Crippen molar-refractivity contribution in [1.82, 2.24) is 20.2 Å². The number of esters is 1. The summed E-state index contributed by atoms with van der Waals surface area (Å²) in [4.78, 5) is 60.2. The molecule has 0 spiro atoms. The molecular formula is C33H49N5O7S. The first kappa shape index (κ1) is 38.3. The largest absolute Gasteiger partial charge is 0.456 e. The Balaban J connectivity index is 1.99. The van der Waals surface area contributed by atoms with Gasteiger partial charge >= 0.3 is 18.2 Å². The quantitative estimate of drug-likeness (QED) is 0.0946. The first-order chi connectivity index (χ1) is 21.0. The van der Waals surface area contributed by atoms with Crippen LogP contribution in [0.2, 0.25) is 0 Å². The van der Waals surface area contributed by atoms with E-state index < -0.39 is 35.0 Å². The maximum atomic E-state index is 12.8. The molecule has 0 aliphatic heterocycles. The van der Waals surface area contributed by atoms with Gasteiger partial charge in [-0.2, -0.15) is 0 Å². The fraction of sp³-hybridized carbons (Fsp3) is 0.576. The molecule has 0 bridgehead atoms. The minimum Gasteiger partial charge on any atom is -0.456 e. The van der Waals surface area contributed by atoms with E-state index in [4.69, 9.17) is 19.9 Å². The van der Waals surface area contributed by atoms with Crippen molar-refractivity contribution in [1.29, 1.82) is 0 Å². The fourth-order valence-corrected chi connectivity index (χ4v) is 4.83. The smallest absolute Gasteiger partial charge is 0.419 e. The molecule has 3 N–H and O–H groups in total. The van der Waals surface area contributed by atoms with E-state index in [-0.39, 0.29) is 31.2 Å². The van der Waals surface area contributed by atoms with Crippen molar-refractivity contribution >= 4 is 41.8 Å². The number of nitrogens with zero attached hydrogens (tertiary/aromatic N) is 3. The Labute approximate surface area is 276 Å². The number of rotatable bonds is 10. The number of ether oxygens (including phenoxy) is 3. The summed E-state index contributed by atoms with van der Waals surface area (Å²) in [6.45, 7) is 19.8. The van der Waals surface area contributed by atoms with E-state index in [0.29, 0.717) is 28.6 Å². The number of nitrogen functional groups attached to an aromatic ring is 1. The standard InChI is InChI=1S/C33H49N5O7S/c1-20-17-21(2)23(27(40)43-31(3,4)5)18-22(20)24-19-26(37-28(34)36-24)46-16-14-35-25(39)13-12-15-38(29(41)44-32(6,7)8)30(42)45-33(9,10)11/h17-19H,12-16H2,1-11H3,(H,35,39)(H2,34,36,37). The predicted octanol–water partition coefficient (Wildman–Crippen LogP) is 6.46. The maximum Gasteiger partial charge on any atom is 0.419 e. The summed E-state index contributed by atoms with van der Waals surface area (Å²) in [6.07, 6.45) is -1.35. The number of carbonyl (C=O) groups excluding carboxylic acids is 4. The highest BCUT2D eigenvalue weighted by atomic mass is 32.2. The number of hydrogen-bond acceptors (Lipinski definition) is 11. The number of nitrogens with two attached hydrogens (primary N) is 1. The van der Waals surface area contributed by atoms with Crippen LogP contribution < -0.4 is 11.1 Å². The number of aromatic nitrogens is 2. The van der Waals surface area contributed by atoms with Crippen LogP contribution in [0.3, 0.4) is 0 Å². The molecule has 0 saturated carbocycles. The third kappa shape index (κ3) is 13.2. The number of hydrogen-bond donors (Lipinski definition) is 2. The van der Waals surface area contributed by atoms with Gasteiger partial charge in [-0.15, -0.1) is 11.8 Å². The lowest BCUT2D eigenvalue weighted by Gasteiger charge is -2.28. The van der Waals surface area contributed by atoms with Crippen molar-refractivity contribution in [2.45, 2.75) is 111 Å². The van der Waals surface area contributed by atoms with E-state index in [1.807, 2.05) is 40.7 Å². The van der Waals surface area contributed by atoms with Crippen LogP contribution in [0.25, 0.3) is 11.3 Å². The number of aryl methyl sites for hydroxylation is 2. The first-order valence-corrected chi connectivity index (χ1v) is 16.2. The lowest BCUT2D eigenvalue weighted by atomic mass is 9.97. The first-order valence-electron chi connectivity index (χ1n) is 15.2. The molecule has 13 heteroatoms. The fourth-order valence-electron chi connectivity index (χ4n) is 4.06. The second-order valence-corrected chi connectivity index (χ2v) is 15.0. The van der Waals surface area contributed by atoms with Gasteiger partial charge in [0.2, 0.25) is 11.9 Å². The Morgan fingerprint density at radius 2 is 1.39 bits per heavy atom. The number of anilines is 1. The summed E-state index contributed by atoms with van der Waals surface area (Å²) in [5, 5.41) is 3.45. The van der Waals surface area contributed by atoms with Crippen LogP contribution in [0.5, 0.6) is 0 Å². The maximum absolute atomic E-state index is 12.8. The van der Waals surface area contributed by atoms with Crippen LogP contribution >= 0.6 is 11.8 Å². The zero-order chi connectivity index (χ0) is 35.0. The average Bonchev–Trinajstić information content (AvgIpc) is 2.85. The Morgan fingerprint density at radius 1 is 0.826 bits per heavy atom. The van der Waals surface area contributed by atoms with Gasteiger partial charge in [0.15, 0.2) is 0 Å². The Hall–Kier alpha value is -3.87. The van der Waals surface area contributed by atoms with E-state index in [1.54, 1.807) is 53.7 Å². The number of thioether (sulfide) groups is 1. The predicted molar refractivity (Wildman–Crippen MR) is 179 cm³/mol. The zero-order valence-corrected chi connectivity index (χ0v) is 29.8. The van der Waals surface area contributed by atoms with Gasteiger partial charge in [0, 0.05) is 30.8 Å². The zero-order valence-electron chi connectivity index (χ0n) is 29.0. The highest BCUT2D eigenvalue weighted by Gasteiger charge is 2.31. The molecule has 0 fully saturated rings. The lowest BCUT2D eigenvalue weighted by Crippen LogP contribution is -2.44. The molecule has 3 amide bonds. The van der Waals surface area contributed by atoms with E-state index in [0.717, 1.165) is 21.6 Å². The van der Waals surface area contributed by atoms with E-state index >= 15 is 0 Å². The molecule has 2 rings (SSSR count). The minimum absolute atomic E-state index is 0.0386. The van der Waals surface area contributed by atoms with E-state index in [9.17, 15) is 19.2 Å². The second kappa shape index (κ2) is 15.6. The van der Waals surface area contributed by atoms with Gasteiger partial charge in [-0.25, -0.2) is 29.3 Å². The monoisotopic (exact) mass is 659 g/mol. The molecule has 0 aliphatic carbocycles. The highest BCUT2D eigenvalue weighted by Crippen LogP contribution is 2.29. The number of nitrogens with one attached hydrogen (secondary N) is 1. The molecular weight excluding hydrogens is 610 g/mol. The van der Waals surface area contributed by atoms with Gasteiger partial charge in [-0.05, 0) is 106 Å². The number of amides is 3. The summed E-state index contributed by atoms with van der Waals surface area (Å²) in [5.41, 5.74) is 7.27. The molecule has 2 aromatic rings. The summed E-state index contributed by atoms with van der Waals surface area (Å²) in [5.74, 6) is -0.0651. The molecule has 46 heavy (non-hydrogen) atoms. The second-order valence-electron chi connectivity index (χ2n) is 13.8. The molecule has 1 heterocycles. The van der Waals surface area contributed by atoms with E-state index in [2.05, 4.69) is 15.3 Å². The molecule has 1 aromatic carbocycles. The molecule has 254 valence electrons. The SMILES string of the molecule is Cc1cc(C)c(-c2cc(SCCNC(=O)CCCN(C(=O)OC(C)(C)C)C(=O)OC(C)(C)C)nc(N)n2)cc1C(=O)OC(C)(C)C. The van der Waals surface area contributed by atoms with Crippen LogP contribution in [0.4, 0.5) is 15.5 Å². The summed E-state index contributed by atoms with van der Waals surface area (Å²) < 4.78 is 16.3. The van der Waals surface area contributed by atoms with Crippen molar-refractivity contribution in [2.24, 2.45) is 0 Å². The molecule has 0 saturated heterocycles. The number of benzene rings is 1. The molecule has 0 unspecified atom stereocenters. The van der Waals surface area contributed by atoms with Crippen molar-refractivity contribution < 1.29 is 33.4 Å². The van der Waals surface area contributed by atoms with Crippen molar-refractivity contribution in [2.75, 3.05) is 24.6 Å². The molecule has 0 aliphatic rings. The van der Waals surface area contributed by atoms with Gasteiger partial charge < -0.3 is 25.3 Å². The van der Waals surface area contributed by atoms with Crippen LogP contribution in [0.15, 0.2) is 23.2 Å². The summed E-state index contributed by atoms with van der Waals surface area (Å²) in [6, 6.07) is 5.47. The van der Waals surface area contributed by atoms with Gasteiger partial charge in [0.1, 0.15) is 21.8 Å². The third-order valence-corrected chi connectivity index (χ3v) is 6.79. The van der Waals surface area contributed by atoms with Crippen LogP contribution in [0.1, 0.15) is 96.6 Å². The normalized spacial score (nSPS) is 11.9. The number of carbonyl (C=O) groups is 4. The molecule has 0 atom stereocenters. The topological polar surface area (TPSA) is 163 Å². The highest BCUT2D eigenvalue weighted by molar-refractivity contribution is 7.99. The molecule has 1 aromatic heterocycles. The van der Waals surface area contributed by atoms with Gasteiger partial charge in [0.05, 0.1) is 11.3 Å². The van der Waals surface area contributed by atoms with Crippen molar-refractivity contribution in [3.8, 4) is 11.3 Å². The summed E-state index contributed by atoms with van der Waals surface area (Å²) in [7, 11) is 0. The van der Waals surface area contributed by atoms with Crippen molar-refractivity contribution in [3.05, 3.63) is 34.9 Å². The minimum atomic E-state index is -0.830. The molecule has 12 nitrogen and oxygen atoms in total.